The van der Waals surface area contributed by atoms with E-state index in [-0.39, 0.29) is 17.6 Å². The van der Waals surface area contributed by atoms with Crippen molar-refractivity contribution in [3.8, 4) is 5.88 Å². The minimum absolute atomic E-state index is 0.00306. The first-order valence-corrected chi connectivity index (χ1v) is 10.4. The third-order valence-corrected chi connectivity index (χ3v) is 5.76. The fraction of sp³-hybridized carbons (Fsp3) is 0.450. The van der Waals surface area contributed by atoms with Crippen molar-refractivity contribution in [1.29, 1.82) is 0 Å². The summed E-state index contributed by atoms with van der Waals surface area (Å²) in [5.41, 5.74) is -0.273. The number of aromatic nitrogens is 1. The molecule has 2 aromatic rings. The van der Waals surface area contributed by atoms with Crippen molar-refractivity contribution in [2.75, 3.05) is 19.7 Å². The predicted octanol–water partition coefficient (Wildman–Crippen LogP) is 3.62. The number of ether oxygens (including phenoxy) is 2. The van der Waals surface area contributed by atoms with Crippen LogP contribution in [-0.2, 0) is 9.53 Å². The lowest BCUT2D eigenvalue weighted by Gasteiger charge is -2.39. The van der Waals surface area contributed by atoms with Gasteiger partial charge in [-0.1, -0.05) is 12.1 Å². The number of rotatable bonds is 3. The first-order valence-electron chi connectivity index (χ1n) is 9.53. The molecule has 4 heterocycles. The van der Waals surface area contributed by atoms with Gasteiger partial charge in [0.05, 0.1) is 23.6 Å². The number of pyridine rings is 1. The summed E-state index contributed by atoms with van der Waals surface area (Å²) in [6.45, 7) is 2.00. The molecule has 2 aromatic heterocycles. The zero-order chi connectivity index (χ0) is 22.5. The van der Waals surface area contributed by atoms with Gasteiger partial charge in [-0.3, -0.25) is 4.79 Å². The highest BCUT2D eigenvalue weighted by atomic mass is 32.1. The molecule has 0 bridgehead atoms. The maximum absolute atomic E-state index is 12.6. The Morgan fingerprint density at radius 2 is 2.06 bits per heavy atom. The van der Waals surface area contributed by atoms with E-state index in [2.05, 4.69) is 4.98 Å². The molecule has 0 radical (unpaired) electrons. The summed E-state index contributed by atoms with van der Waals surface area (Å²) >= 11 is 1.49. The first-order chi connectivity index (χ1) is 14.7. The van der Waals surface area contributed by atoms with Gasteiger partial charge in [0.15, 0.2) is 0 Å². The number of carbonyl (C=O) groups excluding carboxylic acids is 1. The topological polar surface area (TPSA) is 89.0 Å². The summed E-state index contributed by atoms with van der Waals surface area (Å²) in [5.74, 6) is -2.01. The van der Waals surface area contributed by atoms with Crippen LogP contribution in [0.4, 0.5) is 13.2 Å². The monoisotopic (exact) mass is 458 g/mol. The second kappa shape index (κ2) is 9.65. The van der Waals surface area contributed by atoms with Crippen molar-refractivity contribution in [3.63, 3.8) is 0 Å². The van der Waals surface area contributed by atoms with Crippen molar-refractivity contribution in [3.05, 3.63) is 46.8 Å². The summed E-state index contributed by atoms with van der Waals surface area (Å²) in [4.78, 5) is 28.4. The van der Waals surface area contributed by atoms with E-state index in [0.717, 1.165) is 30.7 Å². The molecule has 7 nitrogen and oxygen atoms in total. The summed E-state index contributed by atoms with van der Waals surface area (Å²) in [6.07, 6.45) is -0.617. The van der Waals surface area contributed by atoms with Gasteiger partial charge in [-0.15, -0.1) is 11.3 Å². The zero-order valence-corrected chi connectivity index (χ0v) is 17.2. The van der Waals surface area contributed by atoms with E-state index in [1.807, 2.05) is 40.6 Å². The van der Waals surface area contributed by atoms with Crippen LogP contribution in [0.2, 0.25) is 0 Å². The predicted molar refractivity (Wildman–Crippen MR) is 105 cm³/mol. The Hall–Kier alpha value is -2.66. The van der Waals surface area contributed by atoms with E-state index in [9.17, 15) is 18.0 Å². The van der Waals surface area contributed by atoms with Crippen molar-refractivity contribution < 1.29 is 37.3 Å². The van der Waals surface area contributed by atoms with Gasteiger partial charge in [0.25, 0.3) is 5.91 Å². The Kier molecular flexibility index (Phi) is 7.16. The lowest BCUT2D eigenvalue weighted by molar-refractivity contribution is -0.192. The first kappa shape index (κ1) is 23.0. The molecular weight excluding hydrogens is 437 g/mol. The van der Waals surface area contributed by atoms with Crippen LogP contribution in [-0.4, -0.2) is 64.4 Å². The largest absolute Gasteiger partial charge is 0.490 e. The molecule has 0 unspecified atom stereocenters. The SMILES string of the molecule is O=C(O)C(F)(F)F.O=C(c1cccs1)N1CCC[C@]2(C[C@@H](Oc3ccccn3)CO2)C1. The molecule has 2 fully saturated rings. The van der Waals surface area contributed by atoms with E-state index in [1.165, 1.54) is 11.3 Å². The highest BCUT2D eigenvalue weighted by Crippen LogP contribution is 2.36. The van der Waals surface area contributed by atoms with Crippen LogP contribution in [0.1, 0.15) is 28.9 Å². The lowest BCUT2D eigenvalue weighted by atomic mass is 9.89. The second-order valence-electron chi connectivity index (χ2n) is 7.22. The van der Waals surface area contributed by atoms with E-state index >= 15 is 0 Å². The maximum Gasteiger partial charge on any atom is 0.490 e. The van der Waals surface area contributed by atoms with Crippen LogP contribution in [0.15, 0.2) is 41.9 Å². The van der Waals surface area contributed by atoms with Crippen LogP contribution in [0.25, 0.3) is 0 Å². The molecular formula is C20H21F3N2O5S. The average molecular weight is 458 g/mol. The molecule has 0 saturated carbocycles. The molecule has 1 spiro atoms. The standard InChI is InChI=1S/C18H20N2O3S.C2HF3O2/c21-17(15-5-3-10-24-15)20-9-4-7-18(13-20)11-14(12-22-18)23-16-6-1-2-8-19-16;3-2(4,5)1(6)7/h1-3,5-6,8,10,14H,4,7,9,11-13H2;(H,6,7)/t14-,18+;/m1./s1. The van der Waals surface area contributed by atoms with E-state index < -0.39 is 12.1 Å². The quantitative estimate of drug-likeness (QED) is 0.756. The van der Waals surface area contributed by atoms with Gasteiger partial charge in [0.2, 0.25) is 5.88 Å². The number of alkyl halides is 3. The number of likely N-dealkylation sites (tertiary alicyclic amines) is 1. The Labute approximate surface area is 180 Å². The minimum Gasteiger partial charge on any atom is -0.475 e. The van der Waals surface area contributed by atoms with Gasteiger partial charge in [0.1, 0.15) is 6.10 Å². The van der Waals surface area contributed by atoms with Gasteiger partial charge in [0, 0.05) is 25.2 Å². The summed E-state index contributed by atoms with van der Waals surface area (Å²) < 4.78 is 43.8. The van der Waals surface area contributed by atoms with Crippen LogP contribution < -0.4 is 4.74 Å². The molecule has 1 amide bonds. The number of nitrogens with zero attached hydrogens (tertiary/aromatic N) is 2. The zero-order valence-electron chi connectivity index (χ0n) is 16.4. The second-order valence-corrected chi connectivity index (χ2v) is 8.16. The van der Waals surface area contributed by atoms with Gasteiger partial charge in [-0.25, -0.2) is 9.78 Å². The lowest BCUT2D eigenvalue weighted by Crippen LogP contribution is -2.50. The van der Waals surface area contributed by atoms with Crippen molar-refractivity contribution in [2.24, 2.45) is 0 Å². The molecule has 4 rings (SSSR count). The molecule has 168 valence electrons. The Balaban J connectivity index is 0.000000339. The van der Waals surface area contributed by atoms with E-state index in [4.69, 9.17) is 19.4 Å². The molecule has 1 N–H and O–H groups in total. The smallest absolute Gasteiger partial charge is 0.475 e. The normalized spacial score (nSPS) is 23.2. The number of carboxylic acids is 1. The molecule has 11 heteroatoms. The number of aliphatic carboxylic acids is 1. The fourth-order valence-electron chi connectivity index (χ4n) is 3.58. The van der Waals surface area contributed by atoms with Crippen LogP contribution in [0.3, 0.4) is 0 Å². The Bertz CT molecular complexity index is 879. The van der Waals surface area contributed by atoms with Crippen molar-refractivity contribution in [2.45, 2.75) is 37.1 Å². The summed E-state index contributed by atoms with van der Waals surface area (Å²) in [7, 11) is 0. The maximum atomic E-state index is 12.6. The Morgan fingerprint density at radius 1 is 1.29 bits per heavy atom. The molecule has 31 heavy (non-hydrogen) atoms. The van der Waals surface area contributed by atoms with Gasteiger partial charge in [-0.05, 0) is 30.4 Å². The number of hydrogen-bond acceptors (Lipinski definition) is 6. The number of carbonyl (C=O) groups is 2. The third kappa shape index (κ3) is 6.17. The highest BCUT2D eigenvalue weighted by molar-refractivity contribution is 7.12. The fourth-order valence-corrected chi connectivity index (χ4v) is 4.27. The van der Waals surface area contributed by atoms with Crippen molar-refractivity contribution >= 4 is 23.2 Å². The molecule has 2 atom stereocenters. The molecule has 2 saturated heterocycles. The van der Waals surface area contributed by atoms with Crippen molar-refractivity contribution in [1.82, 2.24) is 9.88 Å². The number of halogens is 3. The Morgan fingerprint density at radius 3 is 2.68 bits per heavy atom. The number of carboxylic acid groups (broad SMARTS) is 1. The number of piperidine rings is 1. The molecule has 2 aliphatic rings. The average Bonchev–Trinajstić information content (AvgIpc) is 3.39. The van der Waals surface area contributed by atoms with Gasteiger partial charge >= 0.3 is 12.1 Å². The van der Waals surface area contributed by atoms with E-state index in [1.54, 1.807) is 6.20 Å². The molecule has 0 aliphatic carbocycles. The molecule has 2 aliphatic heterocycles. The van der Waals surface area contributed by atoms with Gasteiger partial charge < -0.3 is 19.5 Å². The number of amides is 1. The minimum atomic E-state index is -5.08. The van der Waals surface area contributed by atoms with Crippen LogP contribution in [0, 0.1) is 0 Å². The van der Waals surface area contributed by atoms with Crippen LogP contribution >= 0.6 is 11.3 Å². The highest BCUT2D eigenvalue weighted by Gasteiger charge is 2.45. The van der Waals surface area contributed by atoms with Gasteiger partial charge in [-0.2, -0.15) is 13.2 Å². The number of hydrogen-bond donors (Lipinski definition) is 1. The summed E-state index contributed by atoms with van der Waals surface area (Å²) in [6, 6.07) is 9.44. The molecule has 0 aromatic carbocycles. The van der Waals surface area contributed by atoms with Crippen LogP contribution in [0.5, 0.6) is 5.88 Å². The number of thiophene rings is 1. The third-order valence-electron chi connectivity index (χ3n) is 4.90. The summed E-state index contributed by atoms with van der Waals surface area (Å²) in [5, 5.41) is 9.07. The van der Waals surface area contributed by atoms with E-state index in [0.29, 0.717) is 19.0 Å².